The van der Waals surface area contributed by atoms with Crippen LogP contribution in [0.5, 0.6) is 0 Å². The summed E-state index contributed by atoms with van der Waals surface area (Å²) in [5.74, 6) is 0.0516. The van der Waals surface area contributed by atoms with Crippen LogP contribution in [0.4, 0.5) is 4.79 Å². The zero-order valence-electron chi connectivity index (χ0n) is 19.0. The molecule has 31 heavy (non-hydrogen) atoms. The van der Waals surface area contributed by atoms with Crippen LogP contribution in [-0.2, 0) is 16.0 Å². The average molecular weight is 439 g/mol. The number of amides is 3. The van der Waals surface area contributed by atoms with Crippen LogP contribution in [0.15, 0.2) is 10.7 Å². The largest absolute Gasteiger partial charge is 0.446 e. The Labute approximate surface area is 185 Å². The van der Waals surface area contributed by atoms with Gasteiger partial charge in [-0.2, -0.15) is 0 Å². The minimum absolute atomic E-state index is 0.122. The molecule has 0 aromatic carbocycles. The highest BCUT2D eigenvalue weighted by Crippen LogP contribution is 2.18. The maximum absolute atomic E-state index is 12.9. The molecule has 0 atom stereocenters. The first-order chi connectivity index (χ1) is 15.1. The van der Waals surface area contributed by atoms with Gasteiger partial charge in [0.05, 0.1) is 6.54 Å². The summed E-state index contributed by atoms with van der Waals surface area (Å²) in [6, 6.07) is 0.0988. The van der Waals surface area contributed by atoms with Crippen LogP contribution in [0.1, 0.15) is 75.2 Å². The first kappa shape index (κ1) is 25.1. The minimum Gasteiger partial charge on any atom is -0.446 e. The third-order valence-corrected chi connectivity index (χ3v) is 5.21. The molecule has 1 aromatic heterocycles. The number of carbonyl (C=O) groups excluding carboxylic acids is 2. The third-order valence-electron chi connectivity index (χ3n) is 5.21. The van der Waals surface area contributed by atoms with Crippen molar-refractivity contribution in [3.05, 3.63) is 17.8 Å². The number of urea groups is 1. The monoisotopic (exact) mass is 438 g/mol. The molecule has 0 radical (unpaired) electrons. The van der Waals surface area contributed by atoms with Gasteiger partial charge in [0.1, 0.15) is 6.26 Å². The van der Waals surface area contributed by atoms with Crippen LogP contribution < -0.4 is 10.6 Å². The maximum atomic E-state index is 12.9. The Morgan fingerprint density at radius 2 is 1.84 bits per heavy atom. The summed E-state index contributed by atoms with van der Waals surface area (Å²) in [7, 11) is 0. The average Bonchev–Trinajstić information content (AvgIpc) is 3.25. The molecule has 3 amide bonds. The molecule has 9 nitrogen and oxygen atoms in total. The summed E-state index contributed by atoms with van der Waals surface area (Å²) in [5, 5.41) is 5.94. The van der Waals surface area contributed by atoms with Crippen molar-refractivity contribution in [3.8, 4) is 0 Å². The second kappa shape index (κ2) is 14.8. The predicted octanol–water partition coefficient (Wildman–Crippen LogP) is 3.10. The van der Waals surface area contributed by atoms with Crippen LogP contribution in [0.2, 0.25) is 0 Å². The lowest BCUT2D eigenvalue weighted by molar-refractivity contribution is 0.0939. The normalized spacial score (nSPS) is 14.4. The molecule has 0 spiro atoms. The van der Waals surface area contributed by atoms with Gasteiger partial charge in [-0.3, -0.25) is 4.79 Å². The summed E-state index contributed by atoms with van der Waals surface area (Å²) in [4.78, 5) is 31.1. The fourth-order valence-electron chi connectivity index (χ4n) is 3.53. The van der Waals surface area contributed by atoms with Crippen molar-refractivity contribution in [3.63, 3.8) is 0 Å². The molecule has 1 fully saturated rings. The van der Waals surface area contributed by atoms with E-state index in [2.05, 4.69) is 15.6 Å². The van der Waals surface area contributed by atoms with Crippen molar-refractivity contribution in [2.75, 3.05) is 39.5 Å². The van der Waals surface area contributed by atoms with E-state index in [1.807, 2.05) is 13.8 Å². The first-order valence-corrected chi connectivity index (χ1v) is 11.6. The van der Waals surface area contributed by atoms with E-state index in [1.54, 1.807) is 4.90 Å². The number of hydrogen-bond acceptors (Lipinski definition) is 6. The Kier molecular flexibility index (Phi) is 12.0. The fourth-order valence-corrected chi connectivity index (χ4v) is 3.53. The van der Waals surface area contributed by atoms with E-state index >= 15 is 0 Å². The fraction of sp³-hybridized carbons (Fsp3) is 0.773. The lowest BCUT2D eigenvalue weighted by Gasteiger charge is -2.27. The van der Waals surface area contributed by atoms with Crippen LogP contribution in [0, 0.1) is 0 Å². The molecule has 1 heterocycles. The molecule has 1 aliphatic rings. The van der Waals surface area contributed by atoms with E-state index in [9.17, 15) is 9.59 Å². The number of aromatic nitrogens is 1. The van der Waals surface area contributed by atoms with Gasteiger partial charge in [0.15, 0.2) is 5.69 Å². The smallest absolute Gasteiger partial charge is 0.318 e. The molecule has 0 saturated heterocycles. The molecule has 9 heteroatoms. The van der Waals surface area contributed by atoms with E-state index in [4.69, 9.17) is 13.9 Å². The van der Waals surface area contributed by atoms with Crippen molar-refractivity contribution in [2.45, 2.75) is 71.4 Å². The van der Waals surface area contributed by atoms with Gasteiger partial charge in [0.2, 0.25) is 5.89 Å². The number of rotatable bonds is 14. The Balaban J connectivity index is 1.88. The molecule has 1 aromatic rings. The topological polar surface area (TPSA) is 106 Å². The highest BCUT2D eigenvalue weighted by molar-refractivity contribution is 5.91. The summed E-state index contributed by atoms with van der Waals surface area (Å²) in [5.41, 5.74) is 0.216. The molecular weight excluding hydrogens is 400 g/mol. The van der Waals surface area contributed by atoms with Gasteiger partial charge in [-0.25, -0.2) is 9.78 Å². The van der Waals surface area contributed by atoms with Crippen molar-refractivity contribution in [2.24, 2.45) is 0 Å². The highest BCUT2D eigenvalue weighted by Gasteiger charge is 2.22. The molecular formula is C22H38N4O5. The number of nitrogens with one attached hydrogen (secondary N) is 2. The first-order valence-electron chi connectivity index (χ1n) is 11.6. The summed E-state index contributed by atoms with van der Waals surface area (Å²) in [6.45, 7) is 7.64. The number of nitrogens with zero attached hydrogens (tertiary/aromatic N) is 2. The third kappa shape index (κ3) is 9.69. The second-order valence-corrected chi connectivity index (χ2v) is 7.69. The Bertz CT molecular complexity index is 646. The quantitative estimate of drug-likeness (QED) is 0.432. The van der Waals surface area contributed by atoms with Crippen molar-refractivity contribution < 1.29 is 23.5 Å². The van der Waals surface area contributed by atoms with E-state index in [-0.39, 0.29) is 30.2 Å². The molecule has 1 saturated carbocycles. The second-order valence-electron chi connectivity index (χ2n) is 7.69. The van der Waals surface area contributed by atoms with Crippen LogP contribution >= 0.6 is 0 Å². The summed E-state index contributed by atoms with van der Waals surface area (Å²) >= 11 is 0. The van der Waals surface area contributed by atoms with Crippen LogP contribution in [-0.4, -0.2) is 67.4 Å². The van der Waals surface area contributed by atoms with E-state index < -0.39 is 0 Å². The van der Waals surface area contributed by atoms with Crippen LogP contribution in [0.3, 0.4) is 0 Å². The number of hydrogen-bond donors (Lipinski definition) is 2. The van der Waals surface area contributed by atoms with Gasteiger partial charge in [-0.05, 0) is 39.5 Å². The molecule has 2 N–H and O–H groups in total. The molecule has 1 aliphatic carbocycles. The molecule has 0 bridgehead atoms. The van der Waals surface area contributed by atoms with Crippen molar-refractivity contribution in [1.29, 1.82) is 0 Å². The number of oxazole rings is 1. The molecule has 0 unspecified atom stereocenters. The SMILES string of the molecule is CCOCCCNC(=O)c1coc(CN(CCCOCC)C(=O)NC2CCCCC2)n1. The summed E-state index contributed by atoms with van der Waals surface area (Å²) < 4.78 is 16.1. The molecule has 2 rings (SSSR count). The van der Waals surface area contributed by atoms with Crippen LogP contribution in [0.25, 0.3) is 0 Å². The van der Waals surface area contributed by atoms with E-state index in [0.29, 0.717) is 45.4 Å². The minimum atomic E-state index is -0.291. The predicted molar refractivity (Wildman–Crippen MR) is 117 cm³/mol. The zero-order valence-corrected chi connectivity index (χ0v) is 19.0. The van der Waals surface area contributed by atoms with Gasteiger partial charge in [-0.15, -0.1) is 0 Å². The molecule has 176 valence electrons. The van der Waals surface area contributed by atoms with Gasteiger partial charge >= 0.3 is 6.03 Å². The Hall–Kier alpha value is -2.13. The van der Waals surface area contributed by atoms with Gasteiger partial charge < -0.3 is 29.4 Å². The van der Waals surface area contributed by atoms with Gasteiger partial charge in [0, 0.05) is 45.6 Å². The highest BCUT2D eigenvalue weighted by atomic mass is 16.5. The lowest BCUT2D eigenvalue weighted by Crippen LogP contribution is -2.45. The molecule has 0 aliphatic heterocycles. The number of carbonyl (C=O) groups is 2. The summed E-state index contributed by atoms with van der Waals surface area (Å²) in [6.07, 6.45) is 8.37. The lowest BCUT2D eigenvalue weighted by atomic mass is 9.96. The van der Waals surface area contributed by atoms with E-state index in [0.717, 1.165) is 38.5 Å². The zero-order chi connectivity index (χ0) is 22.3. The number of ether oxygens (including phenoxy) is 2. The van der Waals surface area contributed by atoms with Crippen molar-refractivity contribution >= 4 is 11.9 Å². The van der Waals surface area contributed by atoms with Gasteiger partial charge in [0.25, 0.3) is 5.91 Å². The van der Waals surface area contributed by atoms with Gasteiger partial charge in [-0.1, -0.05) is 19.3 Å². The Morgan fingerprint density at radius 3 is 2.55 bits per heavy atom. The Morgan fingerprint density at radius 1 is 1.13 bits per heavy atom. The van der Waals surface area contributed by atoms with E-state index in [1.165, 1.54) is 12.7 Å². The van der Waals surface area contributed by atoms with Crippen molar-refractivity contribution in [1.82, 2.24) is 20.5 Å². The maximum Gasteiger partial charge on any atom is 0.318 e. The standard InChI is InChI=1S/C22H38N4O5/c1-3-29-14-8-12-23-21(27)19-17-31-20(25-19)16-26(13-9-15-30-4-2)22(28)24-18-10-6-5-7-11-18/h17-18H,3-16H2,1-2H3,(H,23,27)(H,24,28).